The first-order chi connectivity index (χ1) is 13.9. The highest BCUT2D eigenvalue weighted by molar-refractivity contribution is 7.89. The topological polar surface area (TPSA) is 78.5 Å². The summed E-state index contributed by atoms with van der Waals surface area (Å²) >= 11 is 0. The van der Waals surface area contributed by atoms with Crippen molar-refractivity contribution in [1.29, 1.82) is 0 Å². The molecule has 1 saturated heterocycles. The Hall–Kier alpha value is -2.22. The van der Waals surface area contributed by atoms with Crippen molar-refractivity contribution >= 4 is 21.6 Å². The lowest BCUT2D eigenvalue weighted by molar-refractivity contribution is -0.117. The van der Waals surface area contributed by atoms with Crippen LogP contribution < -0.4 is 10.6 Å². The van der Waals surface area contributed by atoms with Gasteiger partial charge in [-0.3, -0.25) is 10.1 Å². The first kappa shape index (κ1) is 21.5. The summed E-state index contributed by atoms with van der Waals surface area (Å²) in [6.07, 6.45) is 2.84. The van der Waals surface area contributed by atoms with Gasteiger partial charge >= 0.3 is 0 Å². The Kier molecular flexibility index (Phi) is 7.05. The van der Waals surface area contributed by atoms with Crippen LogP contribution in [0.1, 0.15) is 44.7 Å². The SMILES string of the molecule is CC(NC(C)c1ccccc1)C(=O)Nc1cccc(S(=O)(=O)N2CCCCC2)c1. The van der Waals surface area contributed by atoms with Crippen LogP contribution in [0.25, 0.3) is 0 Å². The molecule has 1 heterocycles. The van der Waals surface area contributed by atoms with Crippen molar-refractivity contribution in [3.8, 4) is 0 Å². The van der Waals surface area contributed by atoms with Gasteiger partial charge in [0.2, 0.25) is 15.9 Å². The normalized spacial score (nSPS) is 17.4. The maximum Gasteiger partial charge on any atom is 0.243 e. The van der Waals surface area contributed by atoms with E-state index in [4.69, 9.17) is 0 Å². The van der Waals surface area contributed by atoms with Gasteiger partial charge < -0.3 is 5.32 Å². The molecule has 0 saturated carbocycles. The highest BCUT2D eigenvalue weighted by Gasteiger charge is 2.26. The van der Waals surface area contributed by atoms with Crippen molar-refractivity contribution in [2.75, 3.05) is 18.4 Å². The van der Waals surface area contributed by atoms with Crippen molar-refractivity contribution < 1.29 is 13.2 Å². The Morgan fingerprint density at radius 1 is 0.966 bits per heavy atom. The van der Waals surface area contributed by atoms with Crippen molar-refractivity contribution in [3.63, 3.8) is 0 Å². The number of carbonyl (C=O) groups excluding carboxylic acids is 1. The smallest absolute Gasteiger partial charge is 0.243 e. The van der Waals surface area contributed by atoms with Gasteiger partial charge in [-0.25, -0.2) is 8.42 Å². The maximum absolute atomic E-state index is 12.9. The van der Waals surface area contributed by atoms with E-state index in [0.29, 0.717) is 18.8 Å². The highest BCUT2D eigenvalue weighted by atomic mass is 32.2. The molecule has 1 amide bonds. The van der Waals surface area contributed by atoms with E-state index in [9.17, 15) is 13.2 Å². The molecular weight excluding hydrogens is 386 g/mol. The van der Waals surface area contributed by atoms with Crippen molar-refractivity contribution in [1.82, 2.24) is 9.62 Å². The fourth-order valence-corrected chi connectivity index (χ4v) is 5.09. The van der Waals surface area contributed by atoms with E-state index >= 15 is 0 Å². The van der Waals surface area contributed by atoms with Crippen molar-refractivity contribution in [2.45, 2.75) is 50.1 Å². The lowest BCUT2D eigenvalue weighted by Gasteiger charge is -2.26. The third-order valence-corrected chi connectivity index (χ3v) is 7.14. The number of rotatable bonds is 7. The third kappa shape index (κ3) is 5.44. The first-order valence-corrected chi connectivity index (χ1v) is 11.5. The lowest BCUT2D eigenvalue weighted by atomic mass is 10.1. The molecule has 1 fully saturated rings. The molecule has 0 aromatic heterocycles. The Bertz CT molecular complexity index is 925. The van der Waals surface area contributed by atoms with Crippen LogP contribution >= 0.6 is 0 Å². The molecule has 2 N–H and O–H groups in total. The van der Waals surface area contributed by atoms with Crippen molar-refractivity contribution in [3.05, 3.63) is 60.2 Å². The predicted octanol–water partition coefficient (Wildman–Crippen LogP) is 3.54. The number of piperidine rings is 1. The summed E-state index contributed by atoms with van der Waals surface area (Å²) < 4.78 is 27.3. The van der Waals surface area contributed by atoms with Gasteiger partial charge in [-0.2, -0.15) is 4.31 Å². The number of benzene rings is 2. The molecule has 7 heteroatoms. The quantitative estimate of drug-likeness (QED) is 0.725. The summed E-state index contributed by atoms with van der Waals surface area (Å²) in [7, 11) is -3.53. The minimum Gasteiger partial charge on any atom is -0.325 e. The zero-order chi connectivity index (χ0) is 20.9. The molecule has 0 aliphatic carbocycles. The average molecular weight is 416 g/mol. The number of nitrogens with zero attached hydrogens (tertiary/aromatic N) is 1. The Morgan fingerprint density at radius 2 is 1.66 bits per heavy atom. The molecule has 156 valence electrons. The molecular formula is C22H29N3O3S. The monoisotopic (exact) mass is 415 g/mol. The molecule has 2 unspecified atom stereocenters. The predicted molar refractivity (Wildman–Crippen MR) is 115 cm³/mol. The molecule has 0 bridgehead atoms. The second kappa shape index (κ2) is 9.52. The Morgan fingerprint density at radius 3 is 2.34 bits per heavy atom. The summed E-state index contributed by atoms with van der Waals surface area (Å²) in [5.74, 6) is -0.208. The molecule has 2 atom stereocenters. The number of nitrogens with one attached hydrogen (secondary N) is 2. The van der Waals surface area contributed by atoms with Gasteiger partial charge in [0.1, 0.15) is 0 Å². The van der Waals surface area contributed by atoms with Crippen LogP contribution in [0.2, 0.25) is 0 Å². The fourth-order valence-electron chi connectivity index (χ4n) is 3.53. The summed E-state index contributed by atoms with van der Waals surface area (Å²) in [5, 5.41) is 6.10. The third-order valence-electron chi connectivity index (χ3n) is 5.25. The molecule has 29 heavy (non-hydrogen) atoms. The second-order valence-corrected chi connectivity index (χ2v) is 9.44. The van der Waals surface area contributed by atoms with E-state index in [2.05, 4.69) is 10.6 Å². The molecule has 1 aliphatic rings. The van der Waals surface area contributed by atoms with E-state index < -0.39 is 16.1 Å². The summed E-state index contributed by atoms with van der Waals surface area (Å²) in [5.41, 5.74) is 1.58. The minimum absolute atomic E-state index is 0.0164. The Balaban J connectivity index is 1.65. The molecule has 3 rings (SSSR count). The highest BCUT2D eigenvalue weighted by Crippen LogP contribution is 2.23. The molecule has 2 aromatic carbocycles. The van der Waals surface area contributed by atoms with Crippen LogP contribution in [0.15, 0.2) is 59.5 Å². The largest absolute Gasteiger partial charge is 0.325 e. The number of carbonyl (C=O) groups is 1. The van der Waals surface area contributed by atoms with Gasteiger partial charge in [0.05, 0.1) is 10.9 Å². The summed E-state index contributed by atoms with van der Waals surface area (Å²) in [4.78, 5) is 12.8. The zero-order valence-corrected chi connectivity index (χ0v) is 17.8. The van der Waals surface area contributed by atoms with Crippen molar-refractivity contribution in [2.24, 2.45) is 0 Å². The number of amides is 1. The lowest BCUT2D eigenvalue weighted by Crippen LogP contribution is -2.39. The average Bonchev–Trinajstić information content (AvgIpc) is 2.75. The number of hydrogen-bond donors (Lipinski definition) is 2. The van der Waals surface area contributed by atoms with Crippen LogP contribution in [0, 0.1) is 0 Å². The van der Waals surface area contributed by atoms with E-state index in [1.54, 1.807) is 25.1 Å². The van der Waals surface area contributed by atoms with E-state index in [-0.39, 0.29) is 16.8 Å². The van der Waals surface area contributed by atoms with Crippen LogP contribution in [-0.2, 0) is 14.8 Å². The van der Waals surface area contributed by atoms with Gasteiger partial charge in [-0.1, -0.05) is 42.8 Å². The zero-order valence-electron chi connectivity index (χ0n) is 17.0. The van der Waals surface area contributed by atoms with Gasteiger partial charge in [0.15, 0.2) is 0 Å². The van der Waals surface area contributed by atoms with Gasteiger partial charge in [0.25, 0.3) is 0 Å². The number of sulfonamides is 1. The summed E-state index contributed by atoms with van der Waals surface area (Å²) in [6, 6.07) is 16.0. The van der Waals surface area contributed by atoms with E-state index in [1.165, 1.54) is 10.4 Å². The standard InChI is InChI=1S/C22H29N3O3S/c1-17(19-10-5-3-6-11-19)23-18(2)22(26)24-20-12-9-13-21(16-20)29(27,28)25-14-7-4-8-15-25/h3,5-6,9-13,16-18,23H,4,7-8,14-15H2,1-2H3,(H,24,26). The fraction of sp³-hybridized carbons (Fsp3) is 0.409. The van der Waals surface area contributed by atoms with Gasteiger partial charge in [-0.15, -0.1) is 0 Å². The first-order valence-electron chi connectivity index (χ1n) is 10.1. The number of hydrogen-bond acceptors (Lipinski definition) is 4. The van der Waals surface area contributed by atoms with Gasteiger partial charge in [-0.05, 0) is 50.5 Å². The molecule has 2 aromatic rings. The number of anilines is 1. The molecule has 6 nitrogen and oxygen atoms in total. The molecule has 0 radical (unpaired) electrons. The van der Waals surface area contributed by atoms with Crippen LogP contribution in [0.3, 0.4) is 0 Å². The second-order valence-electron chi connectivity index (χ2n) is 7.50. The molecule has 1 aliphatic heterocycles. The maximum atomic E-state index is 12.9. The van der Waals surface area contributed by atoms with Crippen LogP contribution in [0.4, 0.5) is 5.69 Å². The molecule has 0 spiro atoms. The Labute approximate surface area is 173 Å². The van der Waals surface area contributed by atoms with E-state index in [0.717, 1.165) is 24.8 Å². The van der Waals surface area contributed by atoms with Crippen LogP contribution in [-0.4, -0.2) is 37.8 Å². The minimum atomic E-state index is -3.53. The van der Waals surface area contributed by atoms with Crippen LogP contribution in [0.5, 0.6) is 0 Å². The summed E-state index contributed by atoms with van der Waals surface area (Å²) in [6.45, 7) is 4.91. The van der Waals surface area contributed by atoms with E-state index in [1.807, 2.05) is 37.3 Å². The van der Waals surface area contributed by atoms with Gasteiger partial charge in [0, 0.05) is 24.8 Å².